The molecule has 1 aromatic carbocycles. The molecule has 1 aromatic rings. The highest BCUT2D eigenvalue weighted by Crippen LogP contribution is 2.45. The van der Waals surface area contributed by atoms with Gasteiger partial charge in [0.15, 0.2) is 0 Å². The molecule has 3 aliphatic rings. The molecule has 5 nitrogen and oxygen atoms in total. The monoisotopic (exact) mass is 428 g/mol. The summed E-state index contributed by atoms with van der Waals surface area (Å²) in [5, 5.41) is 9.62. The Morgan fingerprint density at radius 1 is 1.07 bits per heavy atom. The molecular formula is C24H33ClN4O. The van der Waals surface area contributed by atoms with E-state index in [0.29, 0.717) is 24.7 Å². The summed E-state index contributed by atoms with van der Waals surface area (Å²) in [5.41, 5.74) is 2.56. The number of nitriles is 1. The van der Waals surface area contributed by atoms with Gasteiger partial charge in [-0.1, -0.05) is 23.7 Å². The third kappa shape index (κ3) is 5.28. The van der Waals surface area contributed by atoms with Gasteiger partial charge in [-0.2, -0.15) is 5.26 Å². The van der Waals surface area contributed by atoms with Crippen molar-refractivity contribution in [3.8, 4) is 6.07 Å². The van der Waals surface area contributed by atoms with Gasteiger partial charge in [-0.25, -0.2) is 0 Å². The number of benzene rings is 1. The quantitative estimate of drug-likeness (QED) is 0.650. The van der Waals surface area contributed by atoms with Gasteiger partial charge in [-0.05, 0) is 62.1 Å². The van der Waals surface area contributed by atoms with Crippen LogP contribution in [-0.2, 0) is 4.79 Å². The second kappa shape index (κ2) is 10.0. The van der Waals surface area contributed by atoms with Crippen LogP contribution in [0.2, 0.25) is 5.02 Å². The van der Waals surface area contributed by atoms with Crippen LogP contribution in [0.4, 0.5) is 5.69 Å². The van der Waals surface area contributed by atoms with Crippen LogP contribution < -0.4 is 4.90 Å². The number of rotatable bonds is 7. The van der Waals surface area contributed by atoms with Crippen LogP contribution in [-0.4, -0.2) is 61.5 Å². The van der Waals surface area contributed by atoms with Crippen molar-refractivity contribution in [3.63, 3.8) is 0 Å². The van der Waals surface area contributed by atoms with E-state index < -0.39 is 0 Å². The van der Waals surface area contributed by atoms with Gasteiger partial charge in [-0.15, -0.1) is 0 Å². The van der Waals surface area contributed by atoms with E-state index in [1.807, 2.05) is 4.90 Å². The molecule has 1 aliphatic carbocycles. The highest BCUT2D eigenvalue weighted by Gasteiger charge is 2.28. The summed E-state index contributed by atoms with van der Waals surface area (Å²) in [7, 11) is 0. The van der Waals surface area contributed by atoms with Crippen molar-refractivity contribution in [2.24, 2.45) is 5.92 Å². The zero-order valence-electron chi connectivity index (χ0n) is 17.9. The molecule has 2 saturated heterocycles. The Bertz CT molecular complexity index is 772. The molecule has 1 amide bonds. The zero-order valence-corrected chi connectivity index (χ0v) is 18.6. The Kier molecular flexibility index (Phi) is 7.17. The van der Waals surface area contributed by atoms with Crippen molar-refractivity contribution in [1.29, 1.82) is 5.26 Å². The molecular weight excluding hydrogens is 396 g/mol. The number of hydrogen-bond donors (Lipinski definition) is 0. The van der Waals surface area contributed by atoms with E-state index in [1.54, 1.807) is 0 Å². The molecule has 0 spiro atoms. The van der Waals surface area contributed by atoms with E-state index in [0.717, 1.165) is 63.7 Å². The lowest BCUT2D eigenvalue weighted by Crippen LogP contribution is -2.47. The first kappa shape index (κ1) is 21.5. The smallest absolute Gasteiger partial charge is 0.223 e. The SMILES string of the molecule is N#CCCC(=O)N1CCC(CCN2CCN(c3cccc(C4CC4)c3Cl)CC2)CC1. The first-order chi connectivity index (χ1) is 14.7. The van der Waals surface area contributed by atoms with Crippen molar-refractivity contribution in [2.75, 3.05) is 50.7 Å². The van der Waals surface area contributed by atoms with Gasteiger partial charge in [0, 0.05) is 52.1 Å². The fraction of sp³-hybridized carbons (Fsp3) is 0.667. The maximum Gasteiger partial charge on any atom is 0.223 e. The summed E-state index contributed by atoms with van der Waals surface area (Å²) >= 11 is 6.74. The lowest BCUT2D eigenvalue weighted by Gasteiger charge is -2.38. The van der Waals surface area contributed by atoms with Gasteiger partial charge in [0.25, 0.3) is 0 Å². The summed E-state index contributed by atoms with van der Waals surface area (Å²) in [6.07, 6.45) is 6.69. The van der Waals surface area contributed by atoms with Crippen molar-refractivity contribution < 1.29 is 4.79 Å². The van der Waals surface area contributed by atoms with Crippen molar-refractivity contribution in [1.82, 2.24) is 9.80 Å². The van der Waals surface area contributed by atoms with Gasteiger partial charge >= 0.3 is 0 Å². The Labute approximate surface area is 185 Å². The fourth-order valence-corrected chi connectivity index (χ4v) is 5.26. The average molecular weight is 429 g/mol. The number of amides is 1. The third-order valence-electron chi connectivity index (χ3n) is 7.01. The predicted octanol–water partition coefficient (Wildman–Crippen LogP) is 4.27. The maximum atomic E-state index is 12.1. The third-order valence-corrected chi connectivity index (χ3v) is 7.42. The summed E-state index contributed by atoms with van der Waals surface area (Å²) < 4.78 is 0. The topological polar surface area (TPSA) is 50.6 Å². The fourth-order valence-electron chi connectivity index (χ4n) is 4.86. The number of likely N-dealkylation sites (tertiary alicyclic amines) is 1. The molecule has 3 fully saturated rings. The Morgan fingerprint density at radius 2 is 1.80 bits per heavy atom. The van der Waals surface area contributed by atoms with Gasteiger partial charge in [-0.3, -0.25) is 9.69 Å². The van der Waals surface area contributed by atoms with Crippen LogP contribution in [0.5, 0.6) is 0 Å². The standard InChI is InChI=1S/C24H33ClN4O/c25-24-21(20-6-7-20)3-1-4-22(24)28-17-15-27(16-18-28)12-8-19-9-13-29(14-10-19)23(30)5-2-11-26/h1,3-4,19-20H,2,5-10,12-18H2. The maximum absolute atomic E-state index is 12.1. The zero-order chi connectivity index (χ0) is 20.9. The Morgan fingerprint density at radius 3 is 2.47 bits per heavy atom. The van der Waals surface area contributed by atoms with Crippen LogP contribution in [0.15, 0.2) is 18.2 Å². The minimum atomic E-state index is 0.149. The lowest BCUT2D eigenvalue weighted by molar-refractivity contribution is -0.132. The summed E-state index contributed by atoms with van der Waals surface area (Å²) in [5.74, 6) is 1.55. The van der Waals surface area contributed by atoms with Crippen LogP contribution >= 0.6 is 11.6 Å². The van der Waals surface area contributed by atoms with Crippen molar-refractivity contribution >= 4 is 23.2 Å². The molecule has 2 heterocycles. The van der Waals surface area contributed by atoms with E-state index in [1.165, 1.54) is 30.5 Å². The number of carbonyl (C=O) groups excluding carboxylic acids is 1. The van der Waals surface area contributed by atoms with E-state index in [9.17, 15) is 4.79 Å². The van der Waals surface area contributed by atoms with E-state index in [4.69, 9.17) is 16.9 Å². The normalized spacial score (nSPS) is 20.9. The Hall–Kier alpha value is -1.77. The number of hydrogen-bond acceptors (Lipinski definition) is 4. The number of piperidine rings is 1. The second-order valence-electron chi connectivity index (χ2n) is 9.05. The molecule has 0 aromatic heterocycles. The molecule has 162 valence electrons. The molecule has 30 heavy (non-hydrogen) atoms. The molecule has 2 aliphatic heterocycles. The molecule has 4 rings (SSSR count). The summed E-state index contributed by atoms with van der Waals surface area (Å²) in [6.45, 7) is 7.14. The van der Waals surface area contributed by atoms with E-state index in [2.05, 4.69) is 34.1 Å². The number of piperazine rings is 1. The molecule has 0 N–H and O–H groups in total. The predicted molar refractivity (Wildman–Crippen MR) is 121 cm³/mol. The van der Waals surface area contributed by atoms with E-state index in [-0.39, 0.29) is 5.91 Å². The molecule has 6 heteroatoms. The minimum absolute atomic E-state index is 0.149. The highest BCUT2D eigenvalue weighted by molar-refractivity contribution is 6.34. The minimum Gasteiger partial charge on any atom is -0.368 e. The highest BCUT2D eigenvalue weighted by atomic mass is 35.5. The van der Waals surface area contributed by atoms with Gasteiger partial charge in [0.2, 0.25) is 5.91 Å². The second-order valence-corrected chi connectivity index (χ2v) is 9.43. The first-order valence-electron chi connectivity index (χ1n) is 11.6. The number of nitrogens with zero attached hydrogens (tertiary/aromatic N) is 4. The number of anilines is 1. The molecule has 0 unspecified atom stereocenters. The molecule has 1 saturated carbocycles. The Balaban J connectivity index is 1.18. The molecule has 0 atom stereocenters. The van der Waals surface area contributed by atoms with Crippen LogP contribution in [0.3, 0.4) is 0 Å². The molecule has 0 bridgehead atoms. The first-order valence-corrected chi connectivity index (χ1v) is 11.9. The van der Waals surface area contributed by atoms with Gasteiger partial charge < -0.3 is 9.80 Å². The largest absolute Gasteiger partial charge is 0.368 e. The van der Waals surface area contributed by atoms with E-state index >= 15 is 0 Å². The number of carbonyl (C=O) groups is 1. The van der Waals surface area contributed by atoms with Crippen molar-refractivity contribution in [3.05, 3.63) is 28.8 Å². The van der Waals surface area contributed by atoms with Gasteiger partial charge in [0.1, 0.15) is 0 Å². The lowest BCUT2D eigenvalue weighted by atomic mass is 9.93. The van der Waals surface area contributed by atoms with Crippen LogP contribution in [0, 0.1) is 17.2 Å². The van der Waals surface area contributed by atoms with Crippen molar-refractivity contribution in [2.45, 2.75) is 50.9 Å². The number of halogens is 1. The van der Waals surface area contributed by atoms with Crippen LogP contribution in [0.1, 0.15) is 56.4 Å². The summed E-state index contributed by atoms with van der Waals surface area (Å²) in [4.78, 5) is 19.0. The average Bonchev–Trinajstić information content (AvgIpc) is 3.62. The van der Waals surface area contributed by atoms with Gasteiger partial charge in [0.05, 0.1) is 16.8 Å². The van der Waals surface area contributed by atoms with Crippen LogP contribution in [0.25, 0.3) is 0 Å². The summed E-state index contributed by atoms with van der Waals surface area (Å²) in [6, 6.07) is 8.60. The molecule has 0 radical (unpaired) electrons.